The van der Waals surface area contributed by atoms with E-state index >= 15 is 4.39 Å². The summed E-state index contributed by atoms with van der Waals surface area (Å²) in [6, 6.07) is 2.02. The lowest BCUT2D eigenvalue weighted by molar-refractivity contribution is 0.480. The summed E-state index contributed by atoms with van der Waals surface area (Å²) < 4.78 is 15.0. The van der Waals surface area contributed by atoms with Crippen molar-refractivity contribution in [3.63, 3.8) is 0 Å². The smallest absolute Gasteiger partial charge is 0.226 e. The summed E-state index contributed by atoms with van der Waals surface area (Å²) in [5.41, 5.74) is 0.0904. The van der Waals surface area contributed by atoms with Gasteiger partial charge in [0.15, 0.2) is 11.6 Å². The lowest BCUT2D eigenvalue weighted by Crippen LogP contribution is -2.43. The van der Waals surface area contributed by atoms with E-state index in [-0.39, 0.29) is 17.3 Å². The predicted molar refractivity (Wildman–Crippen MR) is 106 cm³/mol. The number of rotatable bonds is 4. The molecule has 3 heterocycles. The first kappa shape index (κ1) is 19.3. The Labute approximate surface area is 160 Å². The Morgan fingerprint density at radius 2 is 2.00 bits per heavy atom. The van der Waals surface area contributed by atoms with Crippen molar-refractivity contribution in [2.45, 2.75) is 45.1 Å². The Hall–Kier alpha value is -2.51. The minimum absolute atomic E-state index is 0.163. The molecule has 146 valence electrons. The second kappa shape index (κ2) is 7.62. The Balaban J connectivity index is 1.76. The van der Waals surface area contributed by atoms with Gasteiger partial charge in [0.1, 0.15) is 12.1 Å². The van der Waals surface area contributed by atoms with Gasteiger partial charge in [-0.25, -0.2) is 19.3 Å². The molecule has 27 heavy (non-hydrogen) atoms. The number of halogens is 1. The molecule has 0 bridgehead atoms. The molecule has 2 aromatic heterocycles. The van der Waals surface area contributed by atoms with Gasteiger partial charge in [0.25, 0.3) is 0 Å². The molecule has 0 amide bonds. The van der Waals surface area contributed by atoms with Gasteiger partial charge in [0.2, 0.25) is 5.95 Å². The van der Waals surface area contributed by atoms with E-state index in [1.165, 1.54) is 6.33 Å². The van der Waals surface area contributed by atoms with Crippen molar-refractivity contribution in [3.05, 3.63) is 30.1 Å². The lowest BCUT2D eigenvalue weighted by atomic mass is 9.91. The molecule has 1 saturated heterocycles. The molecule has 2 aromatic rings. The zero-order valence-electron chi connectivity index (χ0n) is 16.7. The van der Waals surface area contributed by atoms with Crippen LogP contribution in [0.2, 0.25) is 0 Å². The molecular formula is C19H28FN7. The molecule has 1 aliphatic heterocycles. The van der Waals surface area contributed by atoms with E-state index in [0.717, 1.165) is 25.2 Å². The van der Waals surface area contributed by atoms with Crippen LogP contribution in [-0.4, -0.2) is 53.2 Å². The SMILES string of the molecule is CN(C)c1nccc(NC2CCCN(c3ncnc(C(C)(C)C)c3F)C2)n1. The topological polar surface area (TPSA) is 70.1 Å². The monoisotopic (exact) mass is 373 g/mol. The van der Waals surface area contributed by atoms with Crippen molar-refractivity contribution in [1.29, 1.82) is 0 Å². The summed E-state index contributed by atoms with van der Waals surface area (Å²) in [6.45, 7) is 7.32. The number of hydrogen-bond acceptors (Lipinski definition) is 7. The van der Waals surface area contributed by atoms with Crippen LogP contribution in [0.25, 0.3) is 0 Å². The van der Waals surface area contributed by atoms with E-state index < -0.39 is 0 Å². The number of anilines is 3. The molecular weight excluding hydrogens is 345 g/mol. The van der Waals surface area contributed by atoms with Crippen LogP contribution in [-0.2, 0) is 5.41 Å². The molecule has 0 saturated carbocycles. The molecule has 1 N–H and O–H groups in total. The van der Waals surface area contributed by atoms with Crippen LogP contribution in [0.3, 0.4) is 0 Å². The van der Waals surface area contributed by atoms with Gasteiger partial charge < -0.3 is 15.1 Å². The highest BCUT2D eigenvalue weighted by Gasteiger charge is 2.28. The zero-order chi connectivity index (χ0) is 19.6. The fraction of sp³-hybridized carbons (Fsp3) is 0.579. The van der Waals surface area contributed by atoms with Crippen LogP contribution < -0.4 is 15.1 Å². The van der Waals surface area contributed by atoms with Gasteiger partial charge in [-0.2, -0.15) is 4.98 Å². The molecule has 0 aromatic carbocycles. The van der Waals surface area contributed by atoms with Crippen molar-refractivity contribution < 1.29 is 4.39 Å². The predicted octanol–water partition coefficient (Wildman–Crippen LogP) is 2.85. The van der Waals surface area contributed by atoms with Gasteiger partial charge in [-0.15, -0.1) is 0 Å². The summed E-state index contributed by atoms with van der Waals surface area (Å²) in [7, 11) is 3.82. The minimum Gasteiger partial charge on any atom is -0.365 e. The first-order chi connectivity index (χ1) is 12.8. The highest BCUT2D eigenvalue weighted by atomic mass is 19.1. The van der Waals surface area contributed by atoms with Crippen LogP contribution >= 0.6 is 0 Å². The van der Waals surface area contributed by atoms with Crippen molar-refractivity contribution in [2.24, 2.45) is 0 Å². The fourth-order valence-electron chi connectivity index (χ4n) is 3.24. The molecule has 1 unspecified atom stereocenters. The molecule has 0 spiro atoms. The van der Waals surface area contributed by atoms with Gasteiger partial charge in [0.05, 0.1) is 5.69 Å². The third-order valence-corrected chi connectivity index (χ3v) is 4.60. The number of piperidine rings is 1. The number of nitrogens with one attached hydrogen (secondary N) is 1. The second-order valence-electron chi connectivity index (χ2n) is 8.18. The van der Waals surface area contributed by atoms with Gasteiger partial charge in [-0.05, 0) is 18.9 Å². The van der Waals surface area contributed by atoms with Gasteiger partial charge in [-0.3, -0.25) is 0 Å². The molecule has 3 rings (SSSR count). The summed E-state index contributed by atoms with van der Waals surface area (Å²) in [5, 5.41) is 3.45. The first-order valence-electron chi connectivity index (χ1n) is 9.28. The van der Waals surface area contributed by atoms with Gasteiger partial charge in [0, 0.05) is 44.8 Å². The van der Waals surface area contributed by atoms with Crippen LogP contribution in [0, 0.1) is 5.82 Å². The van der Waals surface area contributed by atoms with E-state index in [1.54, 1.807) is 6.20 Å². The Kier molecular flexibility index (Phi) is 5.43. The van der Waals surface area contributed by atoms with Crippen molar-refractivity contribution in [3.8, 4) is 0 Å². The average molecular weight is 373 g/mol. The van der Waals surface area contributed by atoms with Crippen LogP contribution in [0.5, 0.6) is 0 Å². The van der Waals surface area contributed by atoms with Crippen LogP contribution in [0.1, 0.15) is 39.3 Å². The van der Waals surface area contributed by atoms with Crippen molar-refractivity contribution in [2.75, 3.05) is 42.3 Å². The van der Waals surface area contributed by atoms with Crippen molar-refractivity contribution >= 4 is 17.6 Å². The third-order valence-electron chi connectivity index (χ3n) is 4.60. The largest absolute Gasteiger partial charge is 0.365 e. The summed E-state index contributed by atoms with van der Waals surface area (Å²) in [4.78, 5) is 21.0. The van der Waals surface area contributed by atoms with E-state index in [9.17, 15) is 0 Å². The van der Waals surface area contributed by atoms with E-state index in [0.29, 0.717) is 24.0 Å². The molecule has 0 aliphatic carbocycles. The summed E-state index contributed by atoms with van der Waals surface area (Å²) in [5.74, 6) is 1.50. The molecule has 1 atom stereocenters. The molecule has 1 aliphatic rings. The number of hydrogen-bond donors (Lipinski definition) is 1. The zero-order valence-corrected chi connectivity index (χ0v) is 16.7. The Bertz CT molecular complexity index is 788. The highest BCUT2D eigenvalue weighted by Crippen LogP contribution is 2.29. The Morgan fingerprint density at radius 1 is 1.22 bits per heavy atom. The lowest BCUT2D eigenvalue weighted by Gasteiger charge is -2.35. The number of nitrogens with zero attached hydrogens (tertiary/aromatic N) is 6. The van der Waals surface area contributed by atoms with Crippen LogP contribution in [0.4, 0.5) is 22.0 Å². The third kappa shape index (κ3) is 4.43. The average Bonchev–Trinajstić information content (AvgIpc) is 2.61. The molecule has 0 radical (unpaired) electrons. The normalized spacial score (nSPS) is 17.7. The van der Waals surface area contributed by atoms with Crippen molar-refractivity contribution in [1.82, 2.24) is 19.9 Å². The molecule has 7 nitrogen and oxygen atoms in total. The Morgan fingerprint density at radius 3 is 2.70 bits per heavy atom. The van der Waals surface area contributed by atoms with E-state index in [4.69, 9.17) is 0 Å². The summed E-state index contributed by atoms with van der Waals surface area (Å²) in [6.07, 6.45) is 5.16. The maximum Gasteiger partial charge on any atom is 0.226 e. The number of aromatic nitrogens is 4. The highest BCUT2D eigenvalue weighted by molar-refractivity contribution is 5.45. The fourth-order valence-corrected chi connectivity index (χ4v) is 3.24. The van der Waals surface area contributed by atoms with E-state index in [2.05, 4.69) is 25.3 Å². The standard InChI is InChI=1S/C19H28FN7/c1-19(2,3)16-15(20)17(23-12-22-16)27-10-6-7-13(11-27)24-14-8-9-21-18(25-14)26(4)5/h8-9,12-13H,6-7,10-11H2,1-5H3,(H,21,24,25). The molecule has 8 heteroatoms. The summed E-state index contributed by atoms with van der Waals surface area (Å²) >= 11 is 0. The van der Waals surface area contributed by atoms with Gasteiger partial charge >= 0.3 is 0 Å². The maximum absolute atomic E-state index is 15.0. The minimum atomic E-state index is -0.362. The molecule has 1 fully saturated rings. The second-order valence-corrected chi connectivity index (χ2v) is 8.18. The van der Waals surface area contributed by atoms with Gasteiger partial charge in [-0.1, -0.05) is 20.8 Å². The quantitative estimate of drug-likeness (QED) is 0.884. The van der Waals surface area contributed by atoms with Crippen LogP contribution in [0.15, 0.2) is 18.6 Å². The first-order valence-corrected chi connectivity index (χ1v) is 9.28. The van der Waals surface area contributed by atoms with E-state index in [1.807, 2.05) is 50.7 Å². The maximum atomic E-state index is 15.0.